The van der Waals surface area contributed by atoms with Crippen molar-refractivity contribution in [1.29, 1.82) is 0 Å². The molecule has 1 aliphatic rings. The molecule has 1 aromatic carbocycles. The lowest BCUT2D eigenvalue weighted by atomic mass is 10.1. The second kappa shape index (κ2) is 9.37. The molecule has 0 aromatic heterocycles. The van der Waals surface area contributed by atoms with Crippen LogP contribution in [0.25, 0.3) is 0 Å². The number of amides is 2. The van der Waals surface area contributed by atoms with Crippen LogP contribution in [0, 0.1) is 0 Å². The Balaban J connectivity index is 0.00000264. The van der Waals surface area contributed by atoms with Gasteiger partial charge in [-0.15, -0.1) is 12.4 Å². The van der Waals surface area contributed by atoms with Crippen molar-refractivity contribution in [3.8, 4) is 5.75 Å². The first kappa shape index (κ1) is 19.3. The first-order chi connectivity index (χ1) is 10.6. The first-order valence-corrected chi connectivity index (χ1v) is 7.62. The van der Waals surface area contributed by atoms with Crippen LogP contribution in [0.5, 0.6) is 5.75 Å². The summed E-state index contributed by atoms with van der Waals surface area (Å²) < 4.78 is 0. The van der Waals surface area contributed by atoms with Gasteiger partial charge in [0.1, 0.15) is 5.75 Å². The Morgan fingerprint density at radius 1 is 1.17 bits per heavy atom. The number of piperazine rings is 1. The normalized spacial score (nSPS) is 14.3. The number of aromatic hydroxyl groups is 1. The Morgan fingerprint density at radius 2 is 1.83 bits per heavy atom. The molecule has 23 heavy (non-hydrogen) atoms. The van der Waals surface area contributed by atoms with Gasteiger partial charge in [0, 0.05) is 38.2 Å². The number of carbonyl (C=O) groups is 2. The Kier molecular flexibility index (Phi) is 7.85. The van der Waals surface area contributed by atoms with Gasteiger partial charge in [0.25, 0.3) is 5.91 Å². The van der Waals surface area contributed by atoms with Gasteiger partial charge >= 0.3 is 0 Å². The minimum absolute atomic E-state index is 0. The van der Waals surface area contributed by atoms with Gasteiger partial charge in [-0.2, -0.15) is 0 Å². The minimum Gasteiger partial charge on any atom is -0.508 e. The molecule has 0 saturated carbocycles. The van der Waals surface area contributed by atoms with Gasteiger partial charge in [-0.25, -0.2) is 0 Å². The number of halogens is 1. The number of nitrogens with one attached hydrogen (secondary N) is 1. The Hall–Kier alpha value is -1.79. The highest BCUT2D eigenvalue weighted by molar-refractivity contribution is 5.94. The molecule has 2 N–H and O–H groups in total. The Bertz CT molecular complexity index is 531. The summed E-state index contributed by atoms with van der Waals surface area (Å²) in [5.41, 5.74) is 0.480. The maximum atomic E-state index is 12.3. The zero-order valence-electron chi connectivity index (χ0n) is 13.3. The van der Waals surface area contributed by atoms with E-state index in [0.717, 1.165) is 13.0 Å². The number of benzene rings is 1. The molecule has 0 atom stereocenters. The van der Waals surface area contributed by atoms with E-state index < -0.39 is 0 Å². The second-order valence-electron chi connectivity index (χ2n) is 5.43. The van der Waals surface area contributed by atoms with Crippen LogP contribution in [0.4, 0.5) is 0 Å². The first-order valence-electron chi connectivity index (χ1n) is 7.62. The van der Waals surface area contributed by atoms with Crippen molar-refractivity contribution < 1.29 is 14.7 Å². The highest BCUT2D eigenvalue weighted by atomic mass is 35.5. The molecule has 1 fully saturated rings. The fourth-order valence-electron chi connectivity index (χ4n) is 2.55. The van der Waals surface area contributed by atoms with Crippen LogP contribution < -0.4 is 5.32 Å². The Morgan fingerprint density at radius 3 is 2.43 bits per heavy atom. The molecule has 128 valence electrons. The molecule has 1 aromatic rings. The van der Waals surface area contributed by atoms with Crippen molar-refractivity contribution in [3.05, 3.63) is 29.8 Å². The van der Waals surface area contributed by atoms with Gasteiger partial charge in [0.2, 0.25) is 5.91 Å². The van der Waals surface area contributed by atoms with Crippen LogP contribution >= 0.6 is 12.4 Å². The lowest BCUT2D eigenvalue weighted by Crippen LogP contribution is -2.50. The van der Waals surface area contributed by atoms with Crippen molar-refractivity contribution in [2.24, 2.45) is 0 Å². The molecular weight excluding hydrogens is 318 g/mol. The minimum atomic E-state index is -0.0989. The molecule has 0 aliphatic carbocycles. The molecule has 1 aliphatic heterocycles. The van der Waals surface area contributed by atoms with E-state index in [2.05, 4.69) is 5.32 Å². The maximum absolute atomic E-state index is 12.3. The van der Waals surface area contributed by atoms with E-state index >= 15 is 0 Å². The van der Waals surface area contributed by atoms with Crippen LogP contribution in [0.2, 0.25) is 0 Å². The molecule has 1 saturated heterocycles. The van der Waals surface area contributed by atoms with Crippen LogP contribution in [0.3, 0.4) is 0 Å². The van der Waals surface area contributed by atoms with Crippen molar-refractivity contribution in [3.63, 3.8) is 0 Å². The smallest absolute Gasteiger partial charge is 0.254 e. The third kappa shape index (κ3) is 5.41. The fourth-order valence-corrected chi connectivity index (χ4v) is 2.55. The number of hydrogen-bond donors (Lipinski definition) is 2. The number of carbonyl (C=O) groups excluding carboxylic acids is 2. The van der Waals surface area contributed by atoms with Crippen LogP contribution in [-0.2, 0) is 4.79 Å². The van der Waals surface area contributed by atoms with Gasteiger partial charge in [0.15, 0.2) is 0 Å². The number of rotatable bonds is 5. The molecule has 0 bridgehead atoms. The summed E-state index contributed by atoms with van der Waals surface area (Å²) in [6.07, 6.45) is 1.37. The van der Waals surface area contributed by atoms with Crippen molar-refractivity contribution in [2.45, 2.75) is 12.8 Å². The van der Waals surface area contributed by atoms with E-state index in [9.17, 15) is 14.7 Å². The second-order valence-corrected chi connectivity index (χ2v) is 5.43. The fraction of sp³-hybridized carbons (Fsp3) is 0.500. The molecule has 0 radical (unpaired) electrons. The van der Waals surface area contributed by atoms with E-state index in [0.29, 0.717) is 38.2 Å². The lowest BCUT2D eigenvalue weighted by Gasteiger charge is -2.35. The number of nitrogens with zero attached hydrogens (tertiary/aromatic N) is 2. The summed E-state index contributed by atoms with van der Waals surface area (Å²) in [6, 6.07) is 6.36. The monoisotopic (exact) mass is 341 g/mol. The predicted octanol–water partition coefficient (Wildman–Crippen LogP) is 1.10. The summed E-state index contributed by atoms with van der Waals surface area (Å²) in [6.45, 7) is 3.05. The summed E-state index contributed by atoms with van der Waals surface area (Å²) in [5.74, 6) is 0.141. The van der Waals surface area contributed by atoms with Gasteiger partial charge < -0.3 is 20.2 Å². The van der Waals surface area contributed by atoms with E-state index in [1.54, 1.807) is 23.1 Å². The zero-order chi connectivity index (χ0) is 15.9. The third-order valence-corrected chi connectivity index (χ3v) is 3.83. The number of phenolic OH excluding ortho intramolecular Hbond substituents is 1. The van der Waals surface area contributed by atoms with Crippen LogP contribution in [0.15, 0.2) is 24.3 Å². The number of phenols is 1. The molecule has 2 rings (SSSR count). The van der Waals surface area contributed by atoms with E-state index in [1.165, 1.54) is 6.07 Å². The molecule has 2 amide bonds. The summed E-state index contributed by atoms with van der Waals surface area (Å²) in [4.78, 5) is 27.9. The SMILES string of the molecule is CNCCCC(=O)N1CCN(C(=O)c2cccc(O)c2)CC1.Cl. The quantitative estimate of drug-likeness (QED) is 0.787. The summed E-state index contributed by atoms with van der Waals surface area (Å²) in [5, 5.41) is 12.5. The predicted molar refractivity (Wildman–Crippen MR) is 91.0 cm³/mol. The molecule has 0 spiro atoms. The standard InChI is InChI=1S/C16H23N3O3.ClH/c1-17-7-3-6-15(21)18-8-10-19(11-9-18)16(22)13-4-2-5-14(20)12-13;/h2,4-5,12,17,20H,3,6-11H2,1H3;1H. The number of hydrogen-bond acceptors (Lipinski definition) is 4. The third-order valence-electron chi connectivity index (χ3n) is 3.83. The van der Waals surface area contributed by atoms with Gasteiger partial charge in [-0.05, 0) is 38.2 Å². The van der Waals surface area contributed by atoms with E-state index in [-0.39, 0.29) is 30.0 Å². The van der Waals surface area contributed by atoms with Gasteiger partial charge in [-0.1, -0.05) is 6.07 Å². The zero-order valence-corrected chi connectivity index (χ0v) is 14.1. The maximum Gasteiger partial charge on any atom is 0.254 e. The topological polar surface area (TPSA) is 72.9 Å². The van der Waals surface area contributed by atoms with E-state index in [1.807, 2.05) is 11.9 Å². The highest BCUT2D eigenvalue weighted by Crippen LogP contribution is 2.14. The van der Waals surface area contributed by atoms with Crippen molar-refractivity contribution >= 4 is 24.2 Å². The highest BCUT2D eigenvalue weighted by Gasteiger charge is 2.24. The summed E-state index contributed by atoms with van der Waals surface area (Å²) >= 11 is 0. The largest absolute Gasteiger partial charge is 0.508 e. The van der Waals surface area contributed by atoms with Crippen LogP contribution in [0.1, 0.15) is 23.2 Å². The Labute approximate surface area is 142 Å². The molecule has 1 heterocycles. The molecule has 7 heteroatoms. The molecular formula is C16H24ClN3O3. The van der Waals surface area contributed by atoms with E-state index in [4.69, 9.17) is 0 Å². The molecule has 0 unspecified atom stereocenters. The average Bonchev–Trinajstić information content (AvgIpc) is 2.54. The van der Waals surface area contributed by atoms with Crippen molar-refractivity contribution in [2.75, 3.05) is 39.8 Å². The lowest BCUT2D eigenvalue weighted by molar-refractivity contribution is -0.132. The average molecular weight is 342 g/mol. The molecule has 6 nitrogen and oxygen atoms in total. The van der Waals surface area contributed by atoms with Crippen molar-refractivity contribution in [1.82, 2.24) is 15.1 Å². The van der Waals surface area contributed by atoms with Crippen LogP contribution in [-0.4, -0.2) is 66.5 Å². The van der Waals surface area contributed by atoms with Gasteiger partial charge in [-0.3, -0.25) is 9.59 Å². The van der Waals surface area contributed by atoms with Gasteiger partial charge in [0.05, 0.1) is 0 Å². The summed E-state index contributed by atoms with van der Waals surface area (Å²) in [7, 11) is 1.87.